The second-order valence-corrected chi connectivity index (χ2v) is 2.52. The summed E-state index contributed by atoms with van der Waals surface area (Å²) in [7, 11) is 10.9. The van der Waals surface area contributed by atoms with Crippen molar-refractivity contribution in [2.45, 2.75) is 26.0 Å². The van der Waals surface area contributed by atoms with Crippen LogP contribution in [0.5, 0.6) is 0 Å². The molecule has 0 aliphatic carbocycles. The lowest BCUT2D eigenvalue weighted by atomic mass is 9.50. The van der Waals surface area contributed by atoms with Crippen LogP contribution in [0.2, 0.25) is 5.21 Å². The Morgan fingerprint density at radius 1 is 1.29 bits per heavy atom. The van der Waals surface area contributed by atoms with Crippen molar-refractivity contribution in [2.75, 3.05) is 0 Å². The van der Waals surface area contributed by atoms with E-state index in [2.05, 4.69) is 0 Å². The first kappa shape index (κ1) is 7.13. The molecule has 0 aliphatic rings. The third-order valence-corrected chi connectivity index (χ3v) is 1.24. The Hall–Kier alpha value is 0.130. The molecule has 0 nitrogen and oxygen atoms in total. The highest BCUT2D eigenvalue weighted by atomic mass is 14.1. The van der Waals surface area contributed by atoms with Gasteiger partial charge >= 0.3 is 0 Å². The Balaban J connectivity index is 3.54. The van der Waals surface area contributed by atoms with Crippen LogP contribution in [0, 0.1) is 5.92 Å². The van der Waals surface area contributed by atoms with Crippen molar-refractivity contribution in [3.05, 3.63) is 0 Å². The summed E-state index contributed by atoms with van der Waals surface area (Å²) in [5.41, 5.74) is 0. The molecule has 0 aromatic heterocycles. The van der Waals surface area contributed by atoms with E-state index >= 15 is 0 Å². The van der Waals surface area contributed by atoms with Crippen LogP contribution in [-0.2, 0) is 0 Å². The second kappa shape index (κ2) is 1.94. The summed E-state index contributed by atoms with van der Waals surface area (Å²) in [6, 6.07) is 0. The third kappa shape index (κ3) is 2.78. The molecule has 7 heavy (non-hydrogen) atoms. The van der Waals surface area contributed by atoms with Crippen molar-refractivity contribution in [3.8, 4) is 0 Å². The zero-order chi connectivity index (χ0) is 6.08. The Morgan fingerprint density at radius 3 is 1.43 bits per heavy atom. The molecule has 0 saturated heterocycles. The molecular formula is C5H10B2. The summed E-state index contributed by atoms with van der Waals surface area (Å²) < 4.78 is 0. The summed E-state index contributed by atoms with van der Waals surface area (Å²) in [5, 5.41) is -0.500. The van der Waals surface area contributed by atoms with Crippen LogP contribution < -0.4 is 0 Å². The number of rotatable bonds is 1. The van der Waals surface area contributed by atoms with E-state index < -0.39 is 5.21 Å². The molecule has 0 unspecified atom stereocenters. The zero-order valence-corrected chi connectivity index (χ0v) is 5.23. The summed E-state index contributed by atoms with van der Waals surface area (Å²) >= 11 is 0. The molecular weight excluding hydrogens is 81.7 g/mol. The Kier molecular flexibility index (Phi) is 1.97. The van der Waals surface area contributed by atoms with Gasteiger partial charge in [-0.15, -0.1) is 0 Å². The lowest BCUT2D eigenvalue weighted by Crippen LogP contribution is -2.14. The molecule has 0 heterocycles. The summed E-state index contributed by atoms with van der Waals surface area (Å²) in [6.45, 7) is 5.82. The molecule has 0 saturated carbocycles. The largest absolute Gasteiger partial charge is 0.0995 e. The molecule has 0 bridgehead atoms. The van der Waals surface area contributed by atoms with Crippen LogP contribution >= 0.6 is 0 Å². The van der Waals surface area contributed by atoms with Gasteiger partial charge in [0, 0.05) is 0 Å². The first-order valence-corrected chi connectivity index (χ1v) is 2.52. The minimum Gasteiger partial charge on any atom is -0.0995 e. The summed E-state index contributed by atoms with van der Waals surface area (Å²) in [4.78, 5) is 0. The monoisotopic (exact) mass is 92.1 g/mol. The van der Waals surface area contributed by atoms with Gasteiger partial charge in [0.05, 0.1) is 15.7 Å². The van der Waals surface area contributed by atoms with E-state index in [0.717, 1.165) is 0 Å². The Bertz CT molecular complexity index is 51.6. The highest BCUT2D eigenvalue weighted by molar-refractivity contribution is 6.39. The third-order valence-electron chi connectivity index (χ3n) is 1.24. The van der Waals surface area contributed by atoms with Gasteiger partial charge < -0.3 is 0 Å². The molecule has 0 spiro atoms. The number of hydrogen-bond donors (Lipinski definition) is 0. The lowest BCUT2D eigenvalue weighted by molar-refractivity contribution is 0.575. The maximum Gasteiger partial charge on any atom is 0.0620 e. The zero-order valence-electron chi connectivity index (χ0n) is 5.23. The first-order chi connectivity index (χ1) is 2.94. The van der Waals surface area contributed by atoms with Crippen LogP contribution in [0.1, 0.15) is 20.8 Å². The van der Waals surface area contributed by atoms with Crippen molar-refractivity contribution in [1.82, 2.24) is 0 Å². The van der Waals surface area contributed by atoms with Crippen LogP contribution in [0.3, 0.4) is 0 Å². The average molecular weight is 91.8 g/mol. The van der Waals surface area contributed by atoms with E-state index in [9.17, 15) is 0 Å². The average Bonchev–Trinajstić information content (AvgIpc) is 1.31. The molecule has 0 fully saturated rings. The van der Waals surface area contributed by atoms with E-state index in [-0.39, 0.29) is 0 Å². The van der Waals surface area contributed by atoms with Crippen LogP contribution in [0.25, 0.3) is 0 Å². The van der Waals surface area contributed by atoms with Gasteiger partial charge in [-0.3, -0.25) is 0 Å². The van der Waals surface area contributed by atoms with Gasteiger partial charge in [0.25, 0.3) is 0 Å². The summed E-state index contributed by atoms with van der Waals surface area (Å²) in [5.74, 6) is 0.354. The maximum absolute atomic E-state index is 5.46. The van der Waals surface area contributed by atoms with E-state index in [1.165, 1.54) is 0 Å². The van der Waals surface area contributed by atoms with Crippen LogP contribution in [0.15, 0.2) is 0 Å². The molecule has 2 heteroatoms. The molecule has 0 rings (SSSR count). The standard InChI is InChI=1S/C5H10B2/c1-4(2)5(3,6)7/h4H,1-3H3. The van der Waals surface area contributed by atoms with Gasteiger partial charge in [0.1, 0.15) is 0 Å². The van der Waals surface area contributed by atoms with Crippen molar-refractivity contribution in [2.24, 2.45) is 5.92 Å². The van der Waals surface area contributed by atoms with E-state index in [1.807, 2.05) is 20.8 Å². The van der Waals surface area contributed by atoms with E-state index in [1.54, 1.807) is 0 Å². The molecule has 0 atom stereocenters. The predicted octanol–water partition coefficient (Wildman–Crippen LogP) is 1.12. The fourth-order valence-corrected chi connectivity index (χ4v) is 0. The van der Waals surface area contributed by atoms with E-state index in [4.69, 9.17) is 15.7 Å². The molecule has 0 aromatic rings. The lowest BCUT2D eigenvalue weighted by Gasteiger charge is -2.23. The molecule has 0 aromatic carbocycles. The molecule has 4 radical (unpaired) electrons. The van der Waals surface area contributed by atoms with Gasteiger partial charge in [0.2, 0.25) is 0 Å². The van der Waals surface area contributed by atoms with Crippen molar-refractivity contribution >= 4 is 15.7 Å². The van der Waals surface area contributed by atoms with Crippen molar-refractivity contribution in [3.63, 3.8) is 0 Å². The van der Waals surface area contributed by atoms with E-state index in [0.29, 0.717) is 5.92 Å². The first-order valence-electron chi connectivity index (χ1n) is 2.52. The van der Waals surface area contributed by atoms with Crippen LogP contribution in [0.4, 0.5) is 0 Å². The second-order valence-electron chi connectivity index (χ2n) is 2.52. The Morgan fingerprint density at radius 2 is 1.43 bits per heavy atom. The van der Waals surface area contributed by atoms with Gasteiger partial charge in [-0.2, -0.15) is 0 Å². The van der Waals surface area contributed by atoms with Crippen LogP contribution in [-0.4, -0.2) is 15.7 Å². The maximum atomic E-state index is 5.46. The smallest absolute Gasteiger partial charge is 0.0620 e. The molecule has 0 amide bonds. The minimum absolute atomic E-state index is 0.354. The topological polar surface area (TPSA) is 0 Å². The fraction of sp³-hybridized carbons (Fsp3) is 1.00. The van der Waals surface area contributed by atoms with Crippen molar-refractivity contribution in [1.29, 1.82) is 0 Å². The molecule has 0 N–H and O–H groups in total. The predicted molar refractivity (Wildman–Crippen MR) is 34.7 cm³/mol. The summed E-state index contributed by atoms with van der Waals surface area (Å²) in [6.07, 6.45) is 0. The van der Waals surface area contributed by atoms with Gasteiger partial charge in [-0.05, 0) is 0 Å². The SMILES string of the molecule is [B]C([B])(C)C(C)C. The van der Waals surface area contributed by atoms with Gasteiger partial charge in [0.15, 0.2) is 0 Å². The van der Waals surface area contributed by atoms with Gasteiger partial charge in [-0.1, -0.05) is 31.9 Å². The highest BCUT2D eigenvalue weighted by Gasteiger charge is 2.12. The normalized spacial score (nSPS) is 12.6. The van der Waals surface area contributed by atoms with Crippen molar-refractivity contribution < 1.29 is 0 Å². The number of hydrogen-bond acceptors (Lipinski definition) is 0. The fourth-order valence-electron chi connectivity index (χ4n) is 0. The highest BCUT2D eigenvalue weighted by Crippen LogP contribution is 2.24. The minimum atomic E-state index is -0.500. The molecule has 0 aliphatic heterocycles. The quantitative estimate of drug-likeness (QED) is 0.425. The van der Waals surface area contributed by atoms with Gasteiger partial charge in [-0.25, -0.2) is 0 Å². The Labute approximate surface area is 48.5 Å². The molecule has 36 valence electrons.